The molecule has 0 aliphatic heterocycles. The number of benzene rings is 2. The first-order valence-electron chi connectivity index (χ1n) is 6.70. The monoisotopic (exact) mass is 353 g/mol. The molecule has 2 aromatic carbocycles. The summed E-state index contributed by atoms with van der Waals surface area (Å²) in [6, 6.07) is 11.5. The predicted octanol–water partition coefficient (Wildman–Crippen LogP) is 3.15. The van der Waals surface area contributed by atoms with Crippen molar-refractivity contribution in [1.29, 1.82) is 0 Å². The van der Waals surface area contributed by atoms with Gasteiger partial charge in [-0.1, -0.05) is 29.8 Å². The molecule has 7 heteroatoms. The van der Waals surface area contributed by atoms with Gasteiger partial charge in [-0.3, -0.25) is 4.79 Å². The zero-order valence-electron chi connectivity index (χ0n) is 12.7. The number of nitrogens with one attached hydrogen (secondary N) is 1. The fourth-order valence-corrected chi connectivity index (χ4v) is 3.15. The normalized spacial score (nSPS) is 11.1. The van der Waals surface area contributed by atoms with Crippen molar-refractivity contribution in [1.82, 2.24) is 0 Å². The van der Waals surface area contributed by atoms with E-state index >= 15 is 0 Å². The Morgan fingerprint density at radius 1 is 1.22 bits per heavy atom. The van der Waals surface area contributed by atoms with E-state index in [1.54, 1.807) is 42.5 Å². The van der Waals surface area contributed by atoms with Gasteiger partial charge in [0, 0.05) is 11.8 Å². The van der Waals surface area contributed by atoms with Gasteiger partial charge in [0.2, 0.25) is 0 Å². The third kappa shape index (κ3) is 4.71. The Kier molecular flexibility index (Phi) is 5.28. The van der Waals surface area contributed by atoms with Crippen molar-refractivity contribution in [3.05, 3.63) is 58.6 Å². The Labute approximate surface area is 140 Å². The average molecular weight is 354 g/mol. The molecule has 1 N–H and O–H groups in total. The lowest BCUT2D eigenvalue weighted by Crippen LogP contribution is -2.13. The molecule has 0 aliphatic carbocycles. The minimum atomic E-state index is -3.16. The lowest BCUT2D eigenvalue weighted by Gasteiger charge is -2.11. The molecule has 0 saturated heterocycles. The van der Waals surface area contributed by atoms with E-state index in [4.69, 9.17) is 16.3 Å². The predicted molar refractivity (Wildman–Crippen MR) is 90.9 cm³/mol. The Morgan fingerprint density at radius 2 is 1.91 bits per heavy atom. The molecule has 122 valence electrons. The van der Waals surface area contributed by atoms with E-state index in [1.165, 1.54) is 7.11 Å². The van der Waals surface area contributed by atoms with E-state index < -0.39 is 9.84 Å². The Hall–Kier alpha value is -2.05. The molecule has 23 heavy (non-hydrogen) atoms. The fraction of sp³-hybridized carbons (Fsp3) is 0.188. The first kappa shape index (κ1) is 17.3. The van der Waals surface area contributed by atoms with Gasteiger partial charge >= 0.3 is 0 Å². The van der Waals surface area contributed by atoms with E-state index in [0.717, 1.165) is 6.26 Å². The number of methoxy groups -OCH3 is 1. The number of para-hydroxylation sites is 1. The average Bonchev–Trinajstić information content (AvgIpc) is 2.46. The second kappa shape index (κ2) is 7.02. The summed E-state index contributed by atoms with van der Waals surface area (Å²) in [5.74, 6) is -0.120. The molecule has 0 fully saturated rings. The number of carbonyl (C=O) groups is 1. The van der Waals surface area contributed by atoms with E-state index in [9.17, 15) is 13.2 Å². The van der Waals surface area contributed by atoms with Crippen LogP contribution in [0.25, 0.3) is 0 Å². The zero-order valence-corrected chi connectivity index (χ0v) is 14.2. The number of halogens is 1. The summed E-state index contributed by atoms with van der Waals surface area (Å²) in [5.41, 5.74) is 1.35. The second-order valence-electron chi connectivity index (χ2n) is 5.05. The lowest BCUT2D eigenvalue weighted by molar-refractivity contribution is 0.102. The number of hydrogen-bond acceptors (Lipinski definition) is 4. The molecule has 0 heterocycles. The maximum absolute atomic E-state index is 12.4. The van der Waals surface area contributed by atoms with Crippen LogP contribution in [-0.4, -0.2) is 27.7 Å². The summed E-state index contributed by atoms with van der Waals surface area (Å²) < 4.78 is 27.9. The number of sulfone groups is 1. The molecule has 0 aliphatic rings. The topological polar surface area (TPSA) is 72.5 Å². The molecule has 1 amide bonds. The number of anilines is 1. The molecule has 2 rings (SSSR count). The van der Waals surface area contributed by atoms with Gasteiger partial charge in [0.25, 0.3) is 5.91 Å². The van der Waals surface area contributed by atoms with Crippen molar-refractivity contribution in [2.75, 3.05) is 18.7 Å². The standard InChI is InChI=1S/C16H16ClNO4S/c1-22-15-13(17)7-4-8-14(15)18-16(19)12-6-3-5-11(9-12)10-23(2,20)21/h3-9H,10H2,1-2H3,(H,18,19). The lowest BCUT2D eigenvalue weighted by atomic mass is 10.1. The van der Waals surface area contributed by atoms with E-state index in [0.29, 0.717) is 27.6 Å². The van der Waals surface area contributed by atoms with Gasteiger partial charge in [-0.25, -0.2) is 8.42 Å². The van der Waals surface area contributed by atoms with Crippen LogP contribution in [0.3, 0.4) is 0 Å². The zero-order chi connectivity index (χ0) is 17.0. The summed E-state index contributed by atoms with van der Waals surface area (Å²) >= 11 is 6.01. The van der Waals surface area contributed by atoms with Gasteiger partial charge in [0.15, 0.2) is 15.6 Å². The highest BCUT2D eigenvalue weighted by Crippen LogP contribution is 2.32. The van der Waals surface area contributed by atoms with Crippen molar-refractivity contribution >= 4 is 33.0 Å². The molecule has 0 aromatic heterocycles. The van der Waals surface area contributed by atoms with Crippen LogP contribution < -0.4 is 10.1 Å². The quantitative estimate of drug-likeness (QED) is 0.896. The first-order valence-corrected chi connectivity index (χ1v) is 9.14. The molecule has 0 spiro atoms. The summed E-state index contributed by atoms with van der Waals surface area (Å²) in [4.78, 5) is 12.4. The second-order valence-corrected chi connectivity index (χ2v) is 7.59. The van der Waals surface area contributed by atoms with Crippen molar-refractivity contribution in [3.63, 3.8) is 0 Å². The molecular formula is C16H16ClNO4S. The SMILES string of the molecule is COc1c(Cl)cccc1NC(=O)c1cccc(CS(C)(=O)=O)c1. The van der Waals surface area contributed by atoms with Crippen molar-refractivity contribution in [3.8, 4) is 5.75 Å². The van der Waals surface area contributed by atoms with Gasteiger partial charge in [-0.15, -0.1) is 0 Å². The van der Waals surface area contributed by atoms with Gasteiger partial charge in [0.1, 0.15) is 0 Å². The maximum Gasteiger partial charge on any atom is 0.255 e. The smallest absolute Gasteiger partial charge is 0.255 e. The minimum absolute atomic E-state index is 0.116. The number of carbonyl (C=O) groups excluding carboxylic acids is 1. The van der Waals surface area contributed by atoms with Crippen molar-refractivity contribution in [2.24, 2.45) is 0 Å². The Bertz CT molecular complexity index is 834. The van der Waals surface area contributed by atoms with Crippen LogP contribution in [0.5, 0.6) is 5.75 Å². The largest absolute Gasteiger partial charge is 0.493 e. The van der Waals surface area contributed by atoms with Gasteiger partial charge in [0.05, 0.1) is 23.6 Å². The molecule has 0 atom stereocenters. The summed E-state index contributed by atoms with van der Waals surface area (Å²) in [5, 5.41) is 3.10. The van der Waals surface area contributed by atoms with E-state index in [1.807, 2.05) is 0 Å². The van der Waals surface area contributed by atoms with Gasteiger partial charge < -0.3 is 10.1 Å². The van der Waals surface area contributed by atoms with Gasteiger partial charge in [-0.05, 0) is 29.8 Å². The van der Waals surface area contributed by atoms with Crippen molar-refractivity contribution < 1.29 is 17.9 Å². The number of ether oxygens (including phenoxy) is 1. The number of hydrogen-bond donors (Lipinski definition) is 1. The van der Waals surface area contributed by atoms with Crippen LogP contribution in [0.2, 0.25) is 5.02 Å². The highest BCUT2D eigenvalue weighted by atomic mass is 35.5. The van der Waals surface area contributed by atoms with Crippen LogP contribution in [0, 0.1) is 0 Å². The highest BCUT2D eigenvalue weighted by molar-refractivity contribution is 7.89. The van der Waals surface area contributed by atoms with Crippen molar-refractivity contribution in [2.45, 2.75) is 5.75 Å². The van der Waals surface area contributed by atoms with Crippen LogP contribution in [-0.2, 0) is 15.6 Å². The summed E-state index contributed by atoms with van der Waals surface area (Å²) in [6.07, 6.45) is 1.15. The molecular weight excluding hydrogens is 338 g/mol. The fourth-order valence-electron chi connectivity index (χ4n) is 2.11. The molecule has 5 nitrogen and oxygen atoms in total. The third-order valence-corrected chi connectivity index (χ3v) is 4.19. The molecule has 0 bridgehead atoms. The maximum atomic E-state index is 12.4. The molecule has 0 radical (unpaired) electrons. The number of rotatable bonds is 5. The van der Waals surface area contributed by atoms with Crippen LogP contribution >= 0.6 is 11.6 Å². The van der Waals surface area contributed by atoms with Gasteiger partial charge in [-0.2, -0.15) is 0 Å². The van der Waals surface area contributed by atoms with Crippen LogP contribution in [0.15, 0.2) is 42.5 Å². The first-order chi connectivity index (χ1) is 10.8. The summed E-state index contributed by atoms with van der Waals surface area (Å²) in [7, 11) is -1.70. The highest BCUT2D eigenvalue weighted by Gasteiger charge is 2.13. The van der Waals surface area contributed by atoms with E-state index in [-0.39, 0.29) is 11.7 Å². The Morgan fingerprint density at radius 3 is 2.57 bits per heavy atom. The molecule has 0 unspecified atom stereocenters. The van der Waals surface area contributed by atoms with Crippen LogP contribution in [0.4, 0.5) is 5.69 Å². The molecule has 0 saturated carbocycles. The summed E-state index contributed by atoms with van der Waals surface area (Å²) in [6.45, 7) is 0. The van der Waals surface area contributed by atoms with E-state index in [2.05, 4.69) is 5.32 Å². The Balaban J connectivity index is 2.25. The minimum Gasteiger partial charge on any atom is -0.493 e. The number of amides is 1. The van der Waals surface area contributed by atoms with Crippen LogP contribution in [0.1, 0.15) is 15.9 Å². The third-order valence-electron chi connectivity index (χ3n) is 3.04. The molecule has 2 aromatic rings.